The van der Waals surface area contributed by atoms with Crippen molar-refractivity contribution >= 4 is 0 Å². The van der Waals surface area contributed by atoms with Crippen LogP contribution in [0.4, 0.5) is 4.39 Å². The summed E-state index contributed by atoms with van der Waals surface area (Å²) in [6, 6.07) is 11.3. The van der Waals surface area contributed by atoms with Crippen LogP contribution in [0.5, 0.6) is 0 Å². The van der Waals surface area contributed by atoms with Crippen molar-refractivity contribution in [1.29, 1.82) is 10.5 Å². The average Bonchev–Trinajstić information content (AvgIpc) is 2.77. The summed E-state index contributed by atoms with van der Waals surface area (Å²) >= 11 is 0. The lowest BCUT2D eigenvalue weighted by molar-refractivity contribution is 0.254. The number of likely N-dealkylation sites (tertiary alicyclic amines) is 1. The molecule has 0 amide bonds. The smallest absolute Gasteiger partial charge is 0.123 e. The maximum Gasteiger partial charge on any atom is 0.123 e. The van der Waals surface area contributed by atoms with Gasteiger partial charge >= 0.3 is 0 Å². The van der Waals surface area contributed by atoms with Gasteiger partial charge < -0.3 is 4.90 Å². The molecule has 0 aliphatic carbocycles. The molecule has 1 aromatic rings. The maximum atomic E-state index is 13.0. The van der Waals surface area contributed by atoms with Crippen LogP contribution in [0.25, 0.3) is 0 Å². The van der Waals surface area contributed by atoms with Crippen molar-refractivity contribution in [2.45, 2.75) is 38.0 Å². The van der Waals surface area contributed by atoms with Crippen LogP contribution in [0.3, 0.4) is 0 Å². The topological polar surface area (TPSA) is 50.8 Å². The molecular formula is C18H22FN3. The van der Waals surface area contributed by atoms with E-state index in [9.17, 15) is 9.65 Å². The molecule has 0 spiro atoms. The van der Waals surface area contributed by atoms with Gasteiger partial charge in [0.1, 0.15) is 5.82 Å². The second-order valence-corrected chi connectivity index (χ2v) is 6.00. The van der Waals surface area contributed by atoms with E-state index in [1.165, 1.54) is 17.7 Å². The molecule has 2 rings (SSSR count). The van der Waals surface area contributed by atoms with Gasteiger partial charge in [0.15, 0.2) is 0 Å². The molecule has 1 aliphatic rings. The van der Waals surface area contributed by atoms with E-state index in [4.69, 9.17) is 5.26 Å². The number of hydrogen-bond acceptors (Lipinski definition) is 3. The predicted molar refractivity (Wildman–Crippen MR) is 83.4 cm³/mol. The Morgan fingerprint density at radius 2 is 1.95 bits per heavy atom. The van der Waals surface area contributed by atoms with Crippen LogP contribution in [0.15, 0.2) is 24.3 Å². The van der Waals surface area contributed by atoms with Crippen molar-refractivity contribution in [3.63, 3.8) is 0 Å². The van der Waals surface area contributed by atoms with Crippen LogP contribution in [0.1, 0.15) is 43.6 Å². The second kappa shape index (κ2) is 8.51. The molecule has 116 valence electrons. The van der Waals surface area contributed by atoms with Gasteiger partial charge in [0.05, 0.1) is 18.1 Å². The molecule has 0 saturated carbocycles. The zero-order chi connectivity index (χ0) is 15.8. The minimum atomic E-state index is -0.187. The van der Waals surface area contributed by atoms with E-state index < -0.39 is 0 Å². The van der Waals surface area contributed by atoms with E-state index in [1.54, 1.807) is 0 Å². The van der Waals surface area contributed by atoms with Gasteiger partial charge in [-0.05, 0) is 62.4 Å². The van der Waals surface area contributed by atoms with Crippen molar-refractivity contribution < 1.29 is 4.39 Å². The van der Waals surface area contributed by atoms with Gasteiger partial charge in [-0.25, -0.2) is 4.39 Å². The Balaban J connectivity index is 1.88. The highest BCUT2D eigenvalue weighted by Gasteiger charge is 2.20. The molecule has 1 aliphatic heterocycles. The van der Waals surface area contributed by atoms with Crippen molar-refractivity contribution in [2.75, 3.05) is 19.6 Å². The number of nitriles is 2. The second-order valence-electron chi connectivity index (χ2n) is 6.00. The number of rotatable bonds is 5. The quantitative estimate of drug-likeness (QED) is 0.830. The van der Waals surface area contributed by atoms with Crippen LogP contribution in [0.2, 0.25) is 0 Å². The van der Waals surface area contributed by atoms with Gasteiger partial charge in [0, 0.05) is 13.0 Å². The normalized spacial score (nSPS) is 20.6. The lowest BCUT2D eigenvalue weighted by Crippen LogP contribution is -2.30. The molecule has 1 fully saturated rings. The fourth-order valence-electron chi connectivity index (χ4n) is 3.15. The Labute approximate surface area is 132 Å². The Morgan fingerprint density at radius 3 is 2.64 bits per heavy atom. The molecule has 0 bridgehead atoms. The lowest BCUT2D eigenvalue weighted by Gasteiger charge is -2.22. The lowest BCUT2D eigenvalue weighted by atomic mass is 9.92. The summed E-state index contributed by atoms with van der Waals surface area (Å²) in [6.07, 6.45) is 4.35. The summed E-state index contributed by atoms with van der Waals surface area (Å²) in [5, 5.41) is 17.8. The summed E-state index contributed by atoms with van der Waals surface area (Å²) in [4.78, 5) is 2.34. The standard InChI is InChI=1S/C18H22FN3/c19-18-7-5-17(6-8-18)16-4-2-11-22(12-9-16)14-15(13-21)3-1-10-20/h5-8,15-16H,1-4,9,11-12,14H2/t15-,16+/m1/s1. The molecule has 0 unspecified atom stereocenters. The van der Waals surface area contributed by atoms with Crippen molar-refractivity contribution in [3.05, 3.63) is 35.6 Å². The van der Waals surface area contributed by atoms with Gasteiger partial charge in [0.25, 0.3) is 0 Å². The van der Waals surface area contributed by atoms with Gasteiger partial charge in [-0.2, -0.15) is 10.5 Å². The molecule has 0 radical (unpaired) electrons. The number of hydrogen-bond donors (Lipinski definition) is 0. The number of benzene rings is 1. The molecule has 1 aromatic carbocycles. The van der Waals surface area contributed by atoms with Crippen molar-refractivity contribution in [3.8, 4) is 12.1 Å². The zero-order valence-electron chi connectivity index (χ0n) is 12.8. The van der Waals surface area contributed by atoms with E-state index in [0.29, 0.717) is 18.8 Å². The predicted octanol–water partition coefficient (Wildman–Crippen LogP) is 3.84. The molecular weight excluding hydrogens is 277 g/mol. The third-order valence-electron chi connectivity index (χ3n) is 4.43. The monoisotopic (exact) mass is 299 g/mol. The van der Waals surface area contributed by atoms with Crippen LogP contribution in [0, 0.1) is 34.4 Å². The highest BCUT2D eigenvalue weighted by molar-refractivity contribution is 5.20. The van der Waals surface area contributed by atoms with Crippen LogP contribution in [-0.4, -0.2) is 24.5 Å². The van der Waals surface area contributed by atoms with Crippen LogP contribution in [-0.2, 0) is 0 Å². The first-order chi connectivity index (χ1) is 10.7. The average molecular weight is 299 g/mol. The third-order valence-corrected chi connectivity index (χ3v) is 4.43. The third kappa shape index (κ3) is 4.83. The van der Waals surface area contributed by atoms with E-state index in [2.05, 4.69) is 17.0 Å². The Kier molecular flexibility index (Phi) is 6.37. The van der Waals surface area contributed by atoms with Crippen LogP contribution >= 0.6 is 0 Å². The summed E-state index contributed by atoms with van der Waals surface area (Å²) < 4.78 is 13.0. The summed E-state index contributed by atoms with van der Waals surface area (Å²) in [6.45, 7) is 2.73. The Hall–Kier alpha value is -1.91. The minimum Gasteiger partial charge on any atom is -0.302 e. The SMILES string of the molecule is N#CCC[C@H](C#N)CN1CCC[C@H](c2ccc(F)cc2)CC1. The molecule has 1 saturated heterocycles. The van der Waals surface area contributed by atoms with Gasteiger partial charge in [-0.1, -0.05) is 12.1 Å². The number of nitrogens with zero attached hydrogens (tertiary/aromatic N) is 3. The Bertz CT molecular complexity index is 541. The first-order valence-corrected chi connectivity index (χ1v) is 7.97. The summed E-state index contributed by atoms with van der Waals surface area (Å²) in [7, 11) is 0. The summed E-state index contributed by atoms with van der Waals surface area (Å²) in [5.41, 5.74) is 1.21. The van der Waals surface area contributed by atoms with Gasteiger partial charge in [0.2, 0.25) is 0 Å². The van der Waals surface area contributed by atoms with E-state index in [1.807, 2.05) is 12.1 Å². The van der Waals surface area contributed by atoms with Gasteiger partial charge in [-0.3, -0.25) is 0 Å². The molecule has 3 nitrogen and oxygen atoms in total. The van der Waals surface area contributed by atoms with Crippen molar-refractivity contribution in [2.24, 2.45) is 5.92 Å². The first-order valence-electron chi connectivity index (χ1n) is 7.97. The molecule has 4 heteroatoms. The molecule has 22 heavy (non-hydrogen) atoms. The highest BCUT2D eigenvalue weighted by Crippen LogP contribution is 2.28. The maximum absolute atomic E-state index is 13.0. The molecule has 0 N–H and O–H groups in total. The number of halogens is 1. The van der Waals surface area contributed by atoms with E-state index >= 15 is 0 Å². The van der Waals surface area contributed by atoms with Crippen LogP contribution < -0.4 is 0 Å². The minimum absolute atomic E-state index is 0.0537. The molecule has 2 atom stereocenters. The van der Waals surface area contributed by atoms with E-state index in [0.717, 1.165) is 38.9 Å². The molecule has 1 heterocycles. The first kappa shape index (κ1) is 16.5. The highest BCUT2D eigenvalue weighted by atomic mass is 19.1. The Morgan fingerprint density at radius 1 is 1.18 bits per heavy atom. The van der Waals surface area contributed by atoms with Gasteiger partial charge in [-0.15, -0.1) is 0 Å². The van der Waals surface area contributed by atoms with Crippen molar-refractivity contribution in [1.82, 2.24) is 4.90 Å². The fraction of sp³-hybridized carbons (Fsp3) is 0.556. The van der Waals surface area contributed by atoms with E-state index in [-0.39, 0.29) is 11.7 Å². The zero-order valence-corrected chi connectivity index (χ0v) is 12.8. The largest absolute Gasteiger partial charge is 0.302 e. The fourth-order valence-corrected chi connectivity index (χ4v) is 3.15. The molecule has 0 aromatic heterocycles. The summed E-state index contributed by atoms with van der Waals surface area (Å²) in [5.74, 6) is 0.237.